The maximum Gasteiger partial charge on any atom is 0.358 e. The number of carbonyl (C=O) groups excluding carboxylic acids is 1. The van der Waals surface area contributed by atoms with Crippen LogP contribution in [-0.2, 0) is 4.84 Å². The lowest BCUT2D eigenvalue weighted by Crippen LogP contribution is -2.18. The quantitative estimate of drug-likeness (QED) is 0.714. The topological polar surface area (TPSA) is 46.8 Å². The van der Waals surface area contributed by atoms with Gasteiger partial charge < -0.3 is 4.84 Å². The lowest BCUT2D eigenvalue weighted by atomic mass is 10.3. The Morgan fingerprint density at radius 3 is 2.88 bits per heavy atom. The fraction of sp³-hybridized carbons (Fsp3) is 0.273. The maximum absolute atomic E-state index is 11.6. The van der Waals surface area contributed by atoms with E-state index in [1.165, 1.54) is 11.3 Å². The predicted molar refractivity (Wildman–Crippen MR) is 59.0 cm³/mol. The molecule has 0 aliphatic carbocycles. The number of carbonyl (C=O) groups is 1. The van der Waals surface area contributed by atoms with Crippen LogP contribution in [0.2, 0.25) is 0 Å². The second kappa shape index (κ2) is 3.94. The number of rotatable bonds is 2. The van der Waals surface area contributed by atoms with E-state index in [-0.39, 0.29) is 0 Å². The van der Waals surface area contributed by atoms with Crippen LogP contribution in [0.25, 0.3) is 5.52 Å². The van der Waals surface area contributed by atoms with Crippen molar-refractivity contribution in [2.75, 3.05) is 14.1 Å². The standard InChI is InChI=1S/C11H13N3O2/c1-8-4-10-5-9(6-12-14(10)7-8)11(15)16-13(2)3/h4-7H,1-3H3. The molecule has 5 heteroatoms. The number of fused-ring (bicyclic) bond motifs is 1. The molecular formula is C11H13N3O2. The van der Waals surface area contributed by atoms with Crippen molar-refractivity contribution in [3.05, 3.63) is 35.7 Å². The molecule has 0 amide bonds. The van der Waals surface area contributed by atoms with E-state index >= 15 is 0 Å². The van der Waals surface area contributed by atoms with Crippen LogP contribution in [0.4, 0.5) is 0 Å². The van der Waals surface area contributed by atoms with Gasteiger partial charge in [0.1, 0.15) is 0 Å². The van der Waals surface area contributed by atoms with Crippen LogP contribution in [0.3, 0.4) is 0 Å². The summed E-state index contributed by atoms with van der Waals surface area (Å²) in [6.07, 6.45) is 3.40. The molecule has 0 spiro atoms. The van der Waals surface area contributed by atoms with Gasteiger partial charge >= 0.3 is 5.97 Å². The first kappa shape index (κ1) is 10.6. The van der Waals surface area contributed by atoms with Crippen molar-refractivity contribution >= 4 is 11.5 Å². The molecule has 0 saturated carbocycles. The zero-order chi connectivity index (χ0) is 11.7. The Morgan fingerprint density at radius 2 is 2.19 bits per heavy atom. The Labute approximate surface area is 93.2 Å². The molecule has 0 saturated heterocycles. The zero-order valence-corrected chi connectivity index (χ0v) is 9.47. The van der Waals surface area contributed by atoms with Crippen molar-refractivity contribution < 1.29 is 9.63 Å². The van der Waals surface area contributed by atoms with Gasteiger partial charge in [0.2, 0.25) is 0 Å². The highest BCUT2D eigenvalue weighted by Crippen LogP contribution is 2.10. The summed E-state index contributed by atoms with van der Waals surface area (Å²) in [7, 11) is 3.32. The zero-order valence-electron chi connectivity index (χ0n) is 9.47. The first-order valence-electron chi connectivity index (χ1n) is 4.91. The summed E-state index contributed by atoms with van der Waals surface area (Å²) in [6.45, 7) is 1.98. The minimum absolute atomic E-state index is 0.404. The van der Waals surface area contributed by atoms with Crippen molar-refractivity contribution in [1.29, 1.82) is 0 Å². The van der Waals surface area contributed by atoms with Gasteiger partial charge in [-0.05, 0) is 24.6 Å². The van der Waals surface area contributed by atoms with E-state index in [1.54, 1.807) is 24.7 Å². The lowest BCUT2D eigenvalue weighted by Gasteiger charge is -2.09. The summed E-state index contributed by atoms with van der Waals surface area (Å²) in [5, 5.41) is 5.48. The summed E-state index contributed by atoms with van der Waals surface area (Å²) < 4.78 is 1.72. The third kappa shape index (κ3) is 2.04. The highest BCUT2D eigenvalue weighted by Gasteiger charge is 2.10. The van der Waals surface area contributed by atoms with Crippen LogP contribution >= 0.6 is 0 Å². The van der Waals surface area contributed by atoms with E-state index in [2.05, 4.69) is 5.10 Å². The van der Waals surface area contributed by atoms with E-state index in [0.29, 0.717) is 5.56 Å². The van der Waals surface area contributed by atoms with Crippen LogP contribution in [0.15, 0.2) is 24.5 Å². The molecule has 0 atom stereocenters. The van der Waals surface area contributed by atoms with Gasteiger partial charge in [-0.3, -0.25) is 0 Å². The highest BCUT2D eigenvalue weighted by atomic mass is 16.7. The van der Waals surface area contributed by atoms with Gasteiger partial charge in [0.05, 0.1) is 17.3 Å². The molecule has 0 aromatic carbocycles. The maximum atomic E-state index is 11.6. The number of hydrogen-bond acceptors (Lipinski definition) is 4. The van der Waals surface area contributed by atoms with Gasteiger partial charge in [0.15, 0.2) is 0 Å². The minimum Gasteiger partial charge on any atom is -0.364 e. The number of nitrogens with zero attached hydrogens (tertiary/aromatic N) is 3. The van der Waals surface area contributed by atoms with Crippen molar-refractivity contribution in [3.8, 4) is 0 Å². The third-order valence-corrected chi connectivity index (χ3v) is 2.09. The summed E-state index contributed by atoms with van der Waals surface area (Å²) >= 11 is 0. The van der Waals surface area contributed by atoms with Crippen molar-refractivity contribution in [3.63, 3.8) is 0 Å². The first-order valence-corrected chi connectivity index (χ1v) is 4.91. The third-order valence-electron chi connectivity index (χ3n) is 2.09. The monoisotopic (exact) mass is 219 g/mol. The Hall–Kier alpha value is -1.88. The van der Waals surface area contributed by atoms with Gasteiger partial charge in [-0.1, -0.05) is 0 Å². The van der Waals surface area contributed by atoms with Gasteiger partial charge in [-0.2, -0.15) is 5.10 Å². The summed E-state index contributed by atoms with van der Waals surface area (Å²) in [5.41, 5.74) is 2.43. The molecule has 2 rings (SSSR count). The fourth-order valence-corrected chi connectivity index (χ4v) is 1.46. The molecule has 2 heterocycles. The van der Waals surface area contributed by atoms with E-state index < -0.39 is 5.97 Å². The molecule has 0 radical (unpaired) electrons. The summed E-state index contributed by atoms with van der Waals surface area (Å²) in [6, 6.07) is 3.71. The molecule has 0 N–H and O–H groups in total. The Morgan fingerprint density at radius 1 is 1.44 bits per heavy atom. The van der Waals surface area contributed by atoms with Gasteiger partial charge in [0, 0.05) is 20.3 Å². The average molecular weight is 219 g/mol. The highest BCUT2D eigenvalue weighted by molar-refractivity contribution is 5.90. The molecule has 5 nitrogen and oxygen atoms in total. The van der Waals surface area contributed by atoms with E-state index in [4.69, 9.17) is 4.84 Å². The smallest absolute Gasteiger partial charge is 0.358 e. The molecule has 2 aromatic heterocycles. The SMILES string of the molecule is Cc1cc2cc(C(=O)ON(C)C)cnn2c1. The van der Waals surface area contributed by atoms with E-state index in [0.717, 1.165) is 11.1 Å². The summed E-state index contributed by atoms with van der Waals surface area (Å²) in [5.74, 6) is -0.404. The molecule has 0 fully saturated rings. The Balaban J connectivity index is 2.35. The van der Waals surface area contributed by atoms with Crippen molar-refractivity contribution in [2.45, 2.75) is 6.92 Å². The Kier molecular flexibility index (Phi) is 2.62. The van der Waals surface area contributed by atoms with Gasteiger partial charge in [-0.25, -0.2) is 9.31 Å². The molecule has 16 heavy (non-hydrogen) atoms. The van der Waals surface area contributed by atoms with Gasteiger partial charge in [0.25, 0.3) is 0 Å². The van der Waals surface area contributed by atoms with Gasteiger partial charge in [-0.15, -0.1) is 5.06 Å². The molecule has 0 unspecified atom stereocenters. The lowest BCUT2D eigenvalue weighted by molar-refractivity contribution is -0.0713. The first-order chi connectivity index (χ1) is 7.56. The van der Waals surface area contributed by atoms with Crippen LogP contribution in [-0.4, -0.2) is 34.7 Å². The van der Waals surface area contributed by atoms with Crippen LogP contribution in [0.5, 0.6) is 0 Å². The van der Waals surface area contributed by atoms with Crippen molar-refractivity contribution in [2.24, 2.45) is 0 Å². The van der Waals surface area contributed by atoms with E-state index in [1.807, 2.05) is 19.2 Å². The molecule has 0 bridgehead atoms. The predicted octanol–water partition coefficient (Wildman–Crippen LogP) is 1.28. The average Bonchev–Trinajstić information content (AvgIpc) is 2.55. The fourth-order valence-electron chi connectivity index (χ4n) is 1.46. The molecule has 2 aromatic rings. The number of aryl methyl sites for hydroxylation is 1. The van der Waals surface area contributed by atoms with E-state index in [9.17, 15) is 4.79 Å². The molecule has 84 valence electrons. The number of hydroxylamine groups is 2. The summed E-state index contributed by atoms with van der Waals surface area (Å²) in [4.78, 5) is 16.5. The largest absolute Gasteiger partial charge is 0.364 e. The normalized spacial score (nSPS) is 11.0. The second-order valence-corrected chi connectivity index (χ2v) is 3.82. The van der Waals surface area contributed by atoms with Crippen LogP contribution < -0.4 is 0 Å². The molecular weight excluding hydrogens is 206 g/mol. The molecule has 0 aliphatic rings. The number of hydrogen-bond donors (Lipinski definition) is 0. The second-order valence-electron chi connectivity index (χ2n) is 3.82. The molecule has 0 aliphatic heterocycles. The minimum atomic E-state index is -0.404. The number of aromatic nitrogens is 2. The van der Waals surface area contributed by atoms with Crippen LogP contribution in [0, 0.1) is 6.92 Å². The van der Waals surface area contributed by atoms with Crippen molar-refractivity contribution in [1.82, 2.24) is 14.7 Å². The van der Waals surface area contributed by atoms with Crippen LogP contribution in [0.1, 0.15) is 15.9 Å². The Bertz CT molecular complexity index is 531.